The Morgan fingerprint density at radius 3 is 2.86 bits per heavy atom. The van der Waals surface area contributed by atoms with Crippen LogP contribution in [0, 0.1) is 23.2 Å². The van der Waals surface area contributed by atoms with Crippen LogP contribution in [0.25, 0.3) is 0 Å². The van der Waals surface area contributed by atoms with Gasteiger partial charge in [-0.15, -0.1) is 0 Å². The van der Waals surface area contributed by atoms with E-state index in [9.17, 15) is 14.9 Å². The Hall–Kier alpha value is -2.55. The highest BCUT2D eigenvalue weighted by Gasteiger charge is 2.31. The van der Waals surface area contributed by atoms with Crippen LogP contribution < -0.4 is 4.74 Å². The minimum absolute atomic E-state index is 0.0480. The monoisotopic (exact) mass is 300 g/mol. The molecule has 1 fully saturated rings. The molecule has 1 aromatic rings. The topological polar surface area (TPSA) is 90.6 Å². The molecular weight excluding hydrogens is 284 g/mol. The molecule has 0 bridgehead atoms. The second kappa shape index (κ2) is 5.68. The van der Waals surface area contributed by atoms with Gasteiger partial charge >= 0.3 is 6.09 Å². The Morgan fingerprint density at radius 1 is 1.45 bits per heavy atom. The third kappa shape index (κ3) is 2.62. The molecule has 1 unspecified atom stereocenters. The van der Waals surface area contributed by atoms with E-state index in [1.165, 1.54) is 4.90 Å². The third-order valence-electron chi connectivity index (χ3n) is 4.29. The maximum absolute atomic E-state index is 10.9. The lowest BCUT2D eigenvalue weighted by atomic mass is 10.0. The van der Waals surface area contributed by atoms with Crippen molar-refractivity contribution >= 4 is 12.4 Å². The van der Waals surface area contributed by atoms with Gasteiger partial charge in [0.25, 0.3) is 0 Å². The van der Waals surface area contributed by atoms with Crippen LogP contribution in [0.15, 0.2) is 12.1 Å². The van der Waals surface area contributed by atoms with E-state index in [1.54, 1.807) is 6.07 Å². The van der Waals surface area contributed by atoms with E-state index < -0.39 is 6.09 Å². The van der Waals surface area contributed by atoms with E-state index in [0.29, 0.717) is 43.9 Å². The average Bonchev–Trinajstić information content (AvgIpc) is 2.87. The summed E-state index contributed by atoms with van der Waals surface area (Å²) in [6.45, 7) is 1.40. The number of hydrogen-bond acceptors (Lipinski definition) is 4. The van der Waals surface area contributed by atoms with Crippen molar-refractivity contribution in [2.45, 2.75) is 12.8 Å². The van der Waals surface area contributed by atoms with Crippen LogP contribution in [-0.4, -0.2) is 42.1 Å². The normalized spacial score (nSPS) is 20.0. The fourth-order valence-electron chi connectivity index (χ4n) is 3.07. The molecular formula is C16H16N2O4. The van der Waals surface area contributed by atoms with Gasteiger partial charge in [-0.05, 0) is 36.1 Å². The number of hydrogen-bond donors (Lipinski definition) is 1. The Bertz CT molecular complexity index is 659. The summed E-state index contributed by atoms with van der Waals surface area (Å²) in [5.41, 5.74) is 2.53. The van der Waals surface area contributed by atoms with Gasteiger partial charge in [-0.1, -0.05) is 0 Å². The van der Waals surface area contributed by atoms with Gasteiger partial charge in [0.2, 0.25) is 0 Å². The molecule has 6 heteroatoms. The molecule has 114 valence electrons. The first kappa shape index (κ1) is 14.4. The number of carboxylic acid groups (broad SMARTS) is 1. The number of ether oxygens (including phenoxy) is 1. The fourth-order valence-corrected chi connectivity index (χ4v) is 3.07. The first-order chi connectivity index (χ1) is 10.6. The number of aldehydes is 1. The molecule has 1 aliphatic heterocycles. The highest BCUT2D eigenvalue weighted by Crippen LogP contribution is 2.32. The zero-order valence-corrected chi connectivity index (χ0v) is 12.0. The molecule has 2 aliphatic rings. The molecule has 0 aromatic heterocycles. The molecule has 1 heterocycles. The van der Waals surface area contributed by atoms with Gasteiger partial charge in [-0.2, -0.15) is 5.26 Å². The van der Waals surface area contributed by atoms with E-state index in [-0.39, 0.29) is 11.8 Å². The molecule has 0 radical (unpaired) electrons. The van der Waals surface area contributed by atoms with Crippen molar-refractivity contribution in [3.63, 3.8) is 0 Å². The van der Waals surface area contributed by atoms with Crippen molar-refractivity contribution in [3.8, 4) is 11.8 Å². The lowest BCUT2D eigenvalue weighted by Gasteiger charge is -2.36. The van der Waals surface area contributed by atoms with Gasteiger partial charge in [-0.3, -0.25) is 0 Å². The fraction of sp³-hybridized carbons (Fsp3) is 0.438. The number of rotatable bonds is 4. The van der Waals surface area contributed by atoms with Crippen LogP contribution >= 0.6 is 0 Å². The molecule has 1 aromatic carbocycles. The molecule has 1 N–H and O–H groups in total. The SMILES string of the molecule is N#Cc1cc(OCC2CN(C(=O)O)C2)cc2c1CC(C=O)C2. The second-order valence-electron chi connectivity index (χ2n) is 5.89. The van der Waals surface area contributed by atoms with Crippen molar-refractivity contribution in [2.24, 2.45) is 11.8 Å². The minimum Gasteiger partial charge on any atom is -0.493 e. The highest BCUT2D eigenvalue weighted by atomic mass is 16.5. The standard InChI is InChI=1S/C16H16N2O4/c17-5-13-4-14(3-12-1-10(8-19)2-15(12)13)22-9-11-6-18(7-11)16(20)21/h3-4,8,10-11H,1-2,6-7,9H2,(H,20,21). The Morgan fingerprint density at radius 2 is 2.23 bits per heavy atom. The van der Waals surface area contributed by atoms with Crippen LogP contribution in [0.1, 0.15) is 16.7 Å². The van der Waals surface area contributed by atoms with Crippen molar-refractivity contribution in [2.75, 3.05) is 19.7 Å². The number of nitriles is 1. The van der Waals surface area contributed by atoms with Crippen molar-refractivity contribution in [1.82, 2.24) is 4.90 Å². The maximum atomic E-state index is 10.9. The predicted octanol–water partition coefficient (Wildman–Crippen LogP) is 1.46. The largest absolute Gasteiger partial charge is 0.493 e. The maximum Gasteiger partial charge on any atom is 0.407 e. The summed E-state index contributed by atoms with van der Waals surface area (Å²) in [5.74, 6) is 0.765. The van der Waals surface area contributed by atoms with Gasteiger partial charge in [0, 0.05) is 24.9 Å². The van der Waals surface area contributed by atoms with Gasteiger partial charge < -0.3 is 19.5 Å². The van der Waals surface area contributed by atoms with E-state index in [1.807, 2.05) is 6.07 Å². The minimum atomic E-state index is -0.902. The predicted molar refractivity (Wildman–Crippen MR) is 76.7 cm³/mol. The van der Waals surface area contributed by atoms with Crippen LogP contribution in [0.5, 0.6) is 5.75 Å². The molecule has 22 heavy (non-hydrogen) atoms. The highest BCUT2D eigenvalue weighted by molar-refractivity contribution is 5.66. The Labute approximate surface area is 127 Å². The Kier molecular flexibility index (Phi) is 3.72. The Balaban J connectivity index is 1.65. The molecule has 1 atom stereocenters. The number of likely N-dealkylation sites (tertiary alicyclic amines) is 1. The van der Waals surface area contributed by atoms with Gasteiger partial charge in [0.15, 0.2) is 0 Å². The zero-order valence-electron chi connectivity index (χ0n) is 12.0. The first-order valence-corrected chi connectivity index (χ1v) is 7.22. The lowest BCUT2D eigenvalue weighted by molar-refractivity contribution is -0.110. The smallest absolute Gasteiger partial charge is 0.407 e. The average molecular weight is 300 g/mol. The second-order valence-corrected chi connectivity index (χ2v) is 5.89. The van der Waals surface area contributed by atoms with Gasteiger partial charge in [-0.25, -0.2) is 4.79 Å². The van der Waals surface area contributed by atoms with E-state index in [0.717, 1.165) is 17.4 Å². The van der Waals surface area contributed by atoms with Crippen LogP contribution in [-0.2, 0) is 17.6 Å². The summed E-state index contributed by atoms with van der Waals surface area (Å²) in [7, 11) is 0. The van der Waals surface area contributed by atoms with E-state index in [2.05, 4.69) is 6.07 Å². The van der Waals surface area contributed by atoms with E-state index in [4.69, 9.17) is 9.84 Å². The summed E-state index contributed by atoms with van der Waals surface area (Å²) in [5, 5.41) is 18.0. The van der Waals surface area contributed by atoms with Gasteiger partial charge in [0.05, 0.1) is 18.2 Å². The molecule has 1 saturated heterocycles. The molecule has 0 spiro atoms. The van der Waals surface area contributed by atoms with Crippen LogP contribution in [0.4, 0.5) is 4.79 Å². The van der Waals surface area contributed by atoms with Crippen molar-refractivity contribution in [3.05, 3.63) is 28.8 Å². The number of carbonyl (C=O) groups excluding carboxylic acids is 1. The quantitative estimate of drug-likeness (QED) is 0.850. The summed E-state index contributed by atoms with van der Waals surface area (Å²) >= 11 is 0. The van der Waals surface area contributed by atoms with Crippen molar-refractivity contribution in [1.29, 1.82) is 5.26 Å². The van der Waals surface area contributed by atoms with Gasteiger partial charge in [0.1, 0.15) is 12.0 Å². The lowest BCUT2D eigenvalue weighted by Crippen LogP contribution is -2.51. The summed E-state index contributed by atoms with van der Waals surface area (Å²) < 4.78 is 5.72. The molecule has 3 rings (SSSR count). The summed E-state index contributed by atoms with van der Waals surface area (Å²) in [6, 6.07) is 5.77. The number of amides is 1. The zero-order chi connectivity index (χ0) is 15.7. The molecule has 1 aliphatic carbocycles. The molecule has 1 amide bonds. The number of carbonyl (C=O) groups is 2. The van der Waals surface area contributed by atoms with E-state index >= 15 is 0 Å². The first-order valence-electron chi connectivity index (χ1n) is 7.22. The summed E-state index contributed by atoms with van der Waals surface area (Å²) in [6.07, 6.45) is 1.32. The summed E-state index contributed by atoms with van der Waals surface area (Å²) in [4.78, 5) is 23.0. The van der Waals surface area contributed by atoms with Crippen LogP contribution in [0.3, 0.4) is 0 Å². The molecule has 0 saturated carbocycles. The number of nitrogens with zero attached hydrogens (tertiary/aromatic N) is 2. The molecule has 6 nitrogen and oxygen atoms in total. The number of benzene rings is 1. The van der Waals surface area contributed by atoms with Crippen molar-refractivity contribution < 1.29 is 19.4 Å². The van der Waals surface area contributed by atoms with Crippen LogP contribution in [0.2, 0.25) is 0 Å². The third-order valence-corrected chi connectivity index (χ3v) is 4.29. The number of fused-ring (bicyclic) bond motifs is 1.